The molecule has 2 aromatic rings. The fourth-order valence-electron chi connectivity index (χ4n) is 1.42. The number of hydrogen-bond acceptors (Lipinski definition) is 3. The molecule has 0 saturated carbocycles. The van der Waals surface area contributed by atoms with Crippen LogP contribution in [0.4, 0.5) is 0 Å². The molecule has 0 bridgehead atoms. The Hall–Kier alpha value is -1.45. The van der Waals surface area contributed by atoms with Crippen molar-refractivity contribution in [3.8, 4) is 0 Å². The molecule has 4 heteroatoms. The number of carbonyl (C=O) groups excluding carboxylic acids is 2. The van der Waals surface area contributed by atoms with Gasteiger partial charge in [0.05, 0.1) is 16.3 Å². The molecular formula is C13H9ClO2S. The summed E-state index contributed by atoms with van der Waals surface area (Å²) in [6, 6.07) is 10.4. The quantitative estimate of drug-likeness (QED) is 0.621. The van der Waals surface area contributed by atoms with Crippen molar-refractivity contribution in [1.29, 1.82) is 0 Å². The summed E-state index contributed by atoms with van der Waals surface area (Å²) in [4.78, 5) is 24.1. The van der Waals surface area contributed by atoms with Crippen molar-refractivity contribution in [1.82, 2.24) is 0 Å². The van der Waals surface area contributed by atoms with E-state index in [1.165, 1.54) is 11.3 Å². The lowest BCUT2D eigenvalue weighted by Crippen LogP contribution is -2.07. The maximum Gasteiger partial charge on any atom is 0.180 e. The minimum Gasteiger partial charge on any atom is -0.294 e. The summed E-state index contributed by atoms with van der Waals surface area (Å²) in [5.74, 6) is -0.351. The first-order valence-electron chi connectivity index (χ1n) is 5.02. The largest absolute Gasteiger partial charge is 0.294 e. The highest BCUT2D eigenvalue weighted by atomic mass is 35.5. The van der Waals surface area contributed by atoms with E-state index in [1.807, 2.05) is 6.07 Å². The lowest BCUT2D eigenvalue weighted by molar-refractivity contribution is 0.0896. The minimum absolute atomic E-state index is 0.110. The Morgan fingerprint density at radius 2 is 1.82 bits per heavy atom. The van der Waals surface area contributed by atoms with E-state index in [-0.39, 0.29) is 18.0 Å². The van der Waals surface area contributed by atoms with E-state index in [4.69, 9.17) is 11.6 Å². The normalized spacial score (nSPS) is 10.2. The molecule has 0 aliphatic carbocycles. The van der Waals surface area contributed by atoms with Crippen LogP contribution in [0.5, 0.6) is 0 Å². The van der Waals surface area contributed by atoms with Crippen LogP contribution in [0.1, 0.15) is 26.5 Å². The standard InChI is InChI=1S/C13H9ClO2S/c14-10-6-13(17-8-10)12(16)7-11(15)9-4-2-1-3-5-9/h1-6,8H,7H2. The molecule has 2 nitrogen and oxygen atoms in total. The summed E-state index contributed by atoms with van der Waals surface area (Å²) in [5, 5.41) is 2.22. The molecule has 0 aliphatic heterocycles. The van der Waals surface area contributed by atoms with E-state index in [1.54, 1.807) is 35.7 Å². The highest BCUT2D eigenvalue weighted by Gasteiger charge is 2.14. The maximum absolute atomic E-state index is 11.8. The fraction of sp³-hybridized carbons (Fsp3) is 0.0769. The van der Waals surface area contributed by atoms with Gasteiger partial charge in [0, 0.05) is 10.9 Å². The molecule has 0 amide bonds. The van der Waals surface area contributed by atoms with Crippen molar-refractivity contribution < 1.29 is 9.59 Å². The van der Waals surface area contributed by atoms with Crippen molar-refractivity contribution in [3.05, 3.63) is 57.2 Å². The van der Waals surface area contributed by atoms with Gasteiger partial charge in [0.25, 0.3) is 0 Å². The van der Waals surface area contributed by atoms with Gasteiger partial charge in [0.2, 0.25) is 0 Å². The molecule has 0 radical (unpaired) electrons. The second-order valence-corrected chi connectivity index (χ2v) is 4.87. The molecule has 0 fully saturated rings. The predicted octanol–water partition coefficient (Wildman–Crippen LogP) is 3.86. The molecule has 0 N–H and O–H groups in total. The predicted molar refractivity (Wildman–Crippen MR) is 69.0 cm³/mol. The third-order valence-electron chi connectivity index (χ3n) is 2.26. The first kappa shape index (κ1) is 12.0. The van der Waals surface area contributed by atoms with Crippen LogP contribution in [0.15, 0.2) is 41.8 Å². The summed E-state index contributed by atoms with van der Waals surface area (Å²) in [7, 11) is 0. The lowest BCUT2D eigenvalue weighted by atomic mass is 10.1. The Labute approximate surface area is 108 Å². The molecule has 1 aromatic carbocycles. The molecule has 0 aliphatic rings. The Morgan fingerprint density at radius 3 is 2.41 bits per heavy atom. The van der Waals surface area contributed by atoms with Gasteiger partial charge in [-0.3, -0.25) is 9.59 Å². The van der Waals surface area contributed by atoms with Gasteiger partial charge >= 0.3 is 0 Å². The minimum atomic E-state index is -0.184. The number of carbonyl (C=O) groups is 2. The number of benzene rings is 1. The topological polar surface area (TPSA) is 34.1 Å². The number of hydrogen-bond donors (Lipinski definition) is 0. The van der Waals surface area contributed by atoms with Gasteiger partial charge < -0.3 is 0 Å². The SMILES string of the molecule is O=C(CC(=O)c1cc(Cl)cs1)c1ccccc1. The Morgan fingerprint density at radius 1 is 1.12 bits per heavy atom. The van der Waals surface area contributed by atoms with Gasteiger partial charge in [-0.1, -0.05) is 41.9 Å². The van der Waals surface area contributed by atoms with Crippen LogP contribution in [-0.2, 0) is 0 Å². The van der Waals surface area contributed by atoms with Crippen molar-refractivity contribution in [2.24, 2.45) is 0 Å². The number of halogens is 1. The van der Waals surface area contributed by atoms with Gasteiger partial charge in [-0.25, -0.2) is 0 Å². The van der Waals surface area contributed by atoms with Gasteiger partial charge in [-0.15, -0.1) is 11.3 Å². The van der Waals surface area contributed by atoms with Gasteiger partial charge in [0.1, 0.15) is 0 Å². The molecule has 1 aromatic heterocycles. The highest BCUT2D eigenvalue weighted by Crippen LogP contribution is 2.21. The van der Waals surface area contributed by atoms with Crippen molar-refractivity contribution in [3.63, 3.8) is 0 Å². The van der Waals surface area contributed by atoms with E-state index < -0.39 is 0 Å². The smallest absolute Gasteiger partial charge is 0.180 e. The van der Waals surface area contributed by atoms with Crippen LogP contribution in [-0.4, -0.2) is 11.6 Å². The van der Waals surface area contributed by atoms with Crippen molar-refractivity contribution in [2.45, 2.75) is 6.42 Å². The summed E-state index contributed by atoms with van der Waals surface area (Å²) in [6.07, 6.45) is -0.110. The zero-order valence-corrected chi connectivity index (χ0v) is 10.4. The Balaban J connectivity index is 2.07. The molecular weight excluding hydrogens is 256 g/mol. The molecule has 2 rings (SSSR count). The Bertz CT molecular complexity index is 546. The maximum atomic E-state index is 11.8. The van der Waals surface area contributed by atoms with Crippen LogP contribution in [0.25, 0.3) is 0 Å². The first-order valence-corrected chi connectivity index (χ1v) is 6.28. The van der Waals surface area contributed by atoms with Gasteiger partial charge in [-0.2, -0.15) is 0 Å². The van der Waals surface area contributed by atoms with E-state index in [0.29, 0.717) is 15.5 Å². The average molecular weight is 265 g/mol. The highest BCUT2D eigenvalue weighted by molar-refractivity contribution is 7.12. The van der Waals surface area contributed by atoms with Gasteiger partial charge in [-0.05, 0) is 6.07 Å². The number of rotatable bonds is 4. The summed E-state index contributed by atoms with van der Waals surface area (Å²) < 4.78 is 0. The zero-order chi connectivity index (χ0) is 12.3. The van der Waals surface area contributed by atoms with Crippen molar-refractivity contribution in [2.75, 3.05) is 0 Å². The molecule has 0 spiro atoms. The van der Waals surface area contributed by atoms with Crippen LogP contribution >= 0.6 is 22.9 Å². The van der Waals surface area contributed by atoms with Crippen LogP contribution in [0.2, 0.25) is 5.02 Å². The summed E-state index contributed by atoms with van der Waals surface area (Å²) >= 11 is 6.99. The second kappa shape index (κ2) is 5.25. The summed E-state index contributed by atoms with van der Waals surface area (Å²) in [6.45, 7) is 0. The number of Topliss-reactive ketones (excluding diaryl/α,β-unsaturated/α-hetero) is 2. The van der Waals surface area contributed by atoms with E-state index in [2.05, 4.69) is 0 Å². The third kappa shape index (κ3) is 3.02. The lowest BCUT2D eigenvalue weighted by Gasteiger charge is -1.98. The summed E-state index contributed by atoms with van der Waals surface area (Å²) in [5.41, 5.74) is 0.559. The molecule has 0 saturated heterocycles. The third-order valence-corrected chi connectivity index (χ3v) is 3.58. The van der Waals surface area contributed by atoms with E-state index in [9.17, 15) is 9.59 Å². The fourth-order valence-corrected chi connectivity index (χ4v) is 2.43. The number of thiophene rings is 1. The molecule has 1 heterocycles. The first-order chi connectivity index (χ1) is 8.16. The van der Waals surface area contributed by atoms with E-state index >= 15 is 0 Å². The second-order valence-electron chi connectivity index (χ2n) is 3.52. The molecule has 0 unspecified atom stereocenters. The molecule has 0 atom stereocenters. The Kier molecular flexibility index (Phi) is 3.71. The van der Waals surface area contributed by atoms with E-state index in [0.717, 1.165) is 0 Å². The number of ketones is 2. The van der Waals surface area contributed by atoms with Crippen LogP contribution in [0, 0.1) is 0 Å². The van der Waals surface area contributed by atoms with Crippen LogP contribution in [0.3, 0.4) is 0 Å². The molecule has 17 heavy (non-hydrogen) atoms. The van der Waals surface area contributed by atoms with Gasteiger partial charge in [0.15, 0.2) is 11.6 Å². The zero-order valence-electron chi connectivity index (χ0n) is 8.85. The molecule has 86 valence electrons. The monoisotopic (exact) mass is 264 g/mol. The van der Waals surface area contributed by atoms with Crippen molar-refractivity contribution >= 4 is 34.5 Å². The van der Waals surface area contributed by atoms with Crippen LogP contribution < -0.4 is 0 Å². The average Bonchev–Trinajstić information content (AvgIpc) is 2.77.